The number of aromatic nitrogens is 1. The van der Waals surface area contributed by atoms with E-state index in [0.29, 0.717) is 11.4 Å². The molecule has 1 unspecified atom stereocenters. The average molecular weight is 320 g/mol. The molecule has 0 saturated carbocycles. The second-order valence-electron chi connectivity index (χ2n) is 7.85. The monoisotopic (exact) mass is 320 g/mol. The predicted octanol–water partition coefficient (Wildman–Crippen LogP) is 2.76. The molecule has 0 bridgehead atoms. The Morgan fingerprint density at radius 1 is 1.26 bits per heavy atom. The van der Waals surface area contributed by atoms with Gasteiger partial charge in [-0.05, 0) is 52.5 Å². The van der Waals surface area contributed by atoms with Crippen molar-refractivity contribution in [3.63, 3.8) is 0 Å². The lowest BCUT2D eigenvalue weighted by Crippen LogP contribution is -2.41. The first kappa shape index (κ1) is 16.7. The zero-order valence-electron chi connectivity index (χ0n) is 14.7. The van der Waals surface area contributed by atoms with Crippen LogP contribution >= 0.6 is 0 Å². The summed E-state index contributed by atoms with van der Waals surface area (Å²) in [5, 5.41) is 0. The number of hydrogen-bond acceptors (Lipinski definition) is 4. The zero-order chi connectivity index (χ0) is 16.8. The smallest absolute Gasteiger partial charge is 0.399 e. The van der Waals surface area contributed by atoms with E-state index in [-0.39, 0.29) is 5.82 Å². The molecule has 2 saturated heterocycles. The summed E-state index contributed by atoms with van der Waals surface area (Å²) in [6.45, 7) is 12.1. The Hall–Kier alpha value is -1.14. The molecule has 2 aliphatic heterocycles. The van der Waals surface area contributed by atoms with Crippen LogP contribution in [0.1, 0.15) is 47.5 Å². The number of pyridine rings is 1. The maximum Gasteiger partial charge on any atom is 0.498 e. The summed E-state index contributed by atoms with van der Waals surface area (Å²) in [6.07, 6.45) is 3.67. The Balaban J connectivity index is 1.87. The van der Waals surface area contributed by atoms with Crippen LogP contribution in [-0.2, 0) is 9.31 Å². The number of anilines is 1. The highest BCUT2D eigenvalue weighted by molar-refractivity contribution is 6.62. The minimum absolute atomic E-state index is 0.377. The molecule has 0 spiro atoms. The van der Waals surface area contributed by atoms with Gasteiger partial charge in [0.2, 0.25) is 0 Å². The van der Waals surface area contributed by atoms with Gasteiger partial charge in [0, 0.05) is 18.6 Å². The highest BCUT2D eigenvalue weighted by Gasteiger charge is 2.52. The third-order valence-electron chi connectivity index (χ3n) is 5.36. The maximum atomic E-state index is 14.3. The van der Waals surface area contributed by atoms with E-state index in [4.69, 9.17) is 9.31 Å². The summed E-state index contributed by atoms with van der Waals surface area (Å²) in [5.41, 5.74) is -0.521. The molecular formula is C17H26BFN2O2. The Kier molecular flexibility index (Phi) is 4.17. The average Bonchev–Trinajstić information content (AvgIpc) is 2.67. The van der Waals surface area contributed by atoms with E-state index in [1.165, 1.54) is 12.6 Å². The van der Waals surface area contributed by atoms with Gasteiger partial charge in [-0.1, -0.05) is 6.92 Å². The molecule has 1 atom stereocenters. The molecular weight excluding hydrogens is 294 g/mol. The maximum absolute atomic E-state index is 14.3. The van der Waals surface area contributed by atoms with Crippen molar-refractivity contribution in [1.82, 2.24) is 4.98 Å². The first-order valence-electron chi connectivity index (χ1n) is 8.46. The van der Waals surface area contributed by atoms with Gasteiger partial charge in [-0.2, -0.15) is 0 Å². The summed E-state index contributed by atoms with van der Waals surface area (Å²) < 4.78 is 26.3. The molecule has 1 aromatic heterocycles. The van der Waals surface area contributed by atoms with Crippen molar-refractivity contribution in [1.29, 1.82) is 0 Å². The first-order valence-corrected chi connectivity index (χ1v) is 8.46. The molecule has 126 valence electrons. The largest absolute Gasteiger partial charge is 0.498 e. The Morgan fingerprint density at radius 2 is 1.91 bits per heavy atom. The SMILES string of the molecule is CC1CCCN(c2cc(B3OC(C)(C)C(C)(C)O3)c(F)cn2)C1. The summed E-state index contributed by atoms with van der Waals surface area (Å²) in [6, 6.07) is 1.79. The fraction of sp³-hybridized carbons (Fsp3) is 0.706. The molecule has 0 aromatic carbocycles. The van der Waals surface area contributed by atoms with Crippen molar-refractivity contribution in [3.8, 4) is 0 Å². The molecule has 0 aliphatic carbocycles. The van der Waals surface area contributed by atoms with E-state index in [2.05, 4.69) is 16.8 Å². The summed E-state index contributed by atoms with van der Waals surface area (Å²) in [4.78, 5) is 6.51. The third-order valence-corrected chi connectivity index (χ3v) is 5.36. The standard InChI is InChI=1S/C17H26BFN2O2/c1-12-7-6-8-21(11-12)15-9-13(14(19)10-20-15)18-22-16(2,3)17(4,5)23-18/h9-10,12H,6-8,11H2,1-5H3. The van der Waals surface area contributed by atoms with Gasteiger partial charge >= 0.3 is 7.12 Å². The van der Waals surface area contributed by atoms with Gasteiger partial charge in [0.1, 0.15) is 11.6 Å². The van der Waals surface area contributed by atoms with Crippen LogP contribution in [0, 0.1) is 11.7 Å². The minimum atomic E-state index is -0.691. The van der Waals surface area contributed by atoms with Gasteiger partial charge in [-0.3, -0.25) is 0 Å². The van der Waals surface area contributed by atoms with Gasteiger partial charge in [-0.25, -0.2) is 9.37 Å². The molecule has 2 fully saturated rings. The molecule has 1 aromatic rings. The second kappa shape index (κ2) is 5.74. The highest BCUT2D eigenvalue weighted by atomic mass is 19.1. The summed E-state index contributed by atoms with van der Waals surface area (Å²) in [5.74, 6) is 1.07. The van der Waals surface area contributed by atoms with E-state index in [1.807, 2.05) is 27.7 Å². The predicted molar refractivity (Wildman–Crippen MR) is 90.5 cm³/mol. The van der Waals surface area contributed by atoms with Crippen LogP contribution in [0.5, 0.6) is 0 Å². The van der Waals surface area contributed by atoms with Crippen molar-refractivity contribution in [2.45, 2.75) is 58.7 Å². The van der Waals surface area contributed by atoms with Crippen molar-refractivity contribution >= 4 is 18.4 Å². The van der Waals surface area contributed by atoms with Crippen molar-refractivity contribution in [2.75, 3.05) is 18.0 Å². The lowest BCUT2D eigenvalue weighted by molar-refractivity contribution is 0.00578. The van der Waals surface area contributed by atoms with Gasteiger partial charge in [0.05, 0.1) is 17.4 Å². The topological polar surface area (TPSA) is 34.6 Å². The minimum Gasteiger partial charge on any atom is -0.399 e. The van der Waals surface area contributed by atoms with Crippen LogP contribution in [0.3, 0.4) is 0 Å². The number of rotatable bonds is 2. The molecule has 2 aliphatic rings. The van der Waals surface area contributed by atoms with Crippen LogP contribution in [-0.4, -0.2) is 36.4 Å². The van der Waals surface area contributed by atoms with Crippen molar-refractivity contribution < 1.29 is 13.7 Å². The Bertz CT molecular complexity index is 578. The number of hydrogen-bond donors (Lipinski definition) is 0. The van der Waals surface area contributed by atoms with Gasteiger partial charge in [-0.15, -0.1) is 0 Å². The van der Waals surface area contributed by atoms with Crippen LogP contribution in [0.25, 0.3) is 0 Å². The summed E-state index contributed by atoms with van der Waals surface area (Å²) in [7, 11) is -0.691. The van der Waals surface area contributed by atoms with Gasteiger partial charge in [0.15, 0.2) is 0 Å². The number of halogens is 1. The Labute approximate surface area is 138 Å². The van der Waals surface area contributed by atoms with Crippen LogP contribution in [0.4, 0.5) is 10.2 Å². The van der Waals surface area contributed by atoms with Crippen molar-refractivity contribution in [2.24, 2.45) is 5.92 Å². The van der Waals surface area contributed by atoms with E-state index < -0.39 is 18.3 Å². The molecule has 23 heavy (non-hydrogen) atoms. The van der Waals surface area contributed by atoms with E-state index in [1.54, 1.807) is 6.07 Å². The second-order valence-corrected chi connectivity index (χ2v) is 7.85. The lowest BCUT2D eigenvalue weighted by atomic mass is 9.79. The molecule has 6 heteroatoms. The van der Waals surface area contributed by atoms with Crippen LogP contribution in [0.15, 0.2) is 12.3 Å². The molecule has 4 nitrogen and oxygen atoms in total. The molecule has 3 heterocycles. The normalized spacial score (nSPS) is 26.6. The fourth-order valence-corrected chi connectivity index (χ4v) is 3.16. The van der Waals surface area contributed by atoms with Crippen molar-refractivity contribution in [3.05, 3.63) is 18.1 Å². The van der Waals surface area contributed by atoms with Gasteiger partial charge < -0.3 is 14.2 Å². The third kappa shape index (κ3) is 3.11. The number of piperidine rings is 1. The first-order chi connectivity index (χ1) is 10.7. The van der Waals surface area contributed by atoms with E-state index in [9.17, 15) is 4.39 Å². The van der Waals surface area contributed by atoms with Gasteiger partial charge in [0.25, 0.3) is 0 Å². The highest BCUT2D eigenvalue weighted by Crippen LogP contribution is 2.36. The fourth-order valence-electron chi connectivity index (χ4n) is 3.16. The molecule has 0 amide bonds. The summed E-state index contributed by atoms with van der Waals surface area (Å²) >= 11 is 0. The van der Waals surface area contributed by atoms with Crippen LogP contribution < -0.4 is 10.4 Å². The molecule has 3 rings (SSSR count). The number of nitrogens with zero attached hydrogens (tertiary/aromatic N) is 2. The quantitative estimate of drug-likeness (QED) is 0.785. The zero-order valence-corrected chi connectivity index (χ0v) is 14.7. The lowest BCUT2D eigenvalue weighted by Gasteiger charge is -2.32. The molecule has 0 N–H and O–H groups in total. The van der Waals surface area contributed by atoms with E-state index >= 15 is 0 Å². The molecule has 0 radical (unpaired) electrons. The Morgan fingerprint density at radius 3 is 2.52 bits per heavy atom. The van der Waals surface area contributed by atoms with E-state index in [0.717, 1.165) is 25.3 Å². The van der Waals surface area contributed by atoms with Crippen LogP contribution in [0.2, 0.25) is 0 Å².